The molecule has 0 aliphatic heterocycles. The van der Waals surface area contributed by atoms with E-state index in [-0.39, 0.29) is 23.4 Å². The number of halogens is 1. The van der Waals surface area contributed by atoms with Crippen LogP contribution >= 0.6 is 0 Å². The maximum atomic E-state index is 12.8. The predicted molar refractivity (Wildman–Crippen MR) is 68.0 cm³/mol. The fourth-order valence-corrected chi connectivity index (χ4v) is 2.38. The van der Waals surface area contributed by atoms with Gasteiger partial charge in [-0.15, -0.1) is 0 Å². The molecule has 0 bridgehead atoms. The van der Waals surface area contributed by atoms with Gasteiger partial charge in [-0.2, -0.15) is 0 Å². The van der Waals surface area contributed by atoms with Crippen molar-refractivity contribution in [2.75, 3.05) is 0 Å². The summed E-state index contributed by atoms with van der Waals surface area (Å²) in [4.78, 5) is 12.2. The van der Waals surface area contributed by atoms with E-state index in [1.807, 2.05) is 30.3 Å². The Morgan fingerprint density at radius 3 is 2.33 bits per heavy atom. The van der Waals surface area contributed by atoms with Crippen molar-refractivity contribution in [1.29, 1.82) is 0 Å². The summed E-state index contributed by atoms with van der Waals surface area (Å²) < 4.78 is 12.8. The molecule has 1 nitrogen and oxygen atoms in total. The van der Waals surface area contributed by atoms with E-state index in [1.54, 1.807) is 12.1 Å². The number of hydrogen-bond acceptors (Lipinski definition) is 1. The van der Waals surface area contributed by atoms with Crippen LogP contribution in [0.3, 0.4) is 0 Å². The van der Waals surface area contributed by atoms with E-state index in [1.165, 1.54) is 12.1 Å². The minimum Gasteiger partial charge on any atom is -0.294 e. The van der Waals surface area contributed by atoms with Gasteiger partial charge in [0.05, 0.1) is 0 Å². The Balaban J connectivity index is 1.75. The first-order chi connectivity index (χ1) is 8.75. The molecule has 0 radical (unpaired) electrons. The number of carbonyl (C=O) groups is 1. The van der Waals surface area contributed by atoms with Gasteiger partial charge in [-0.1, -0.05) is 42.5 Å². The smallest absolute Gasteiger partial charge is 0.166 e. The number of ketones is 1. The summed E-state index contributed by atoms with van der Waals surface area (Å²) in [5.41, 5.74) is 1.83. The minimum absolute atomic E-state index is 0.0675. The molecule has 3 rings (SSSR count). The number of carbonyl (C=O) groups excluding carboxylic acids is 1. The molecule has 2 heteroatoms. The highest BCUT2D eigenvalue weighted by Crippen LogP contribution is 2.49. The Kier molecular flexibility index (Phi) is 2.71. The molecule has 2 atom stereocenters. The molecule has 1 unspecified atom stereocenters. The Morgan fingerprint density at radius 2 is 1.67 bits per heavy atom. The standard InChI is InChI=1S/C16H13FO/c17-13-8-6-11(7-9-13)14-10-15(14)16(18)12-4-2-1-3-5-12/h1-9,14-15H,10H2/t14-,15?/m1/s1. The SMILES string of the molecule is O=C(c1ccccc1)C1C[C@@H]1c1ccc(F)cc1. The second kappa shape index (κ2) is 4.37. The van der Waals surface area contributed by atoms with E-state index in [2.05, 4.69) is 0 Å². The summed E-state index contributed by atoms with van der Waals surface area (Å²) in [6.07, 6.45) is 0.874. The zero-order valence-electron chi connectivity index (χ0n) is 9.84. The van der Waals surface area contributed by atoms with E-state index >= 15 is 0 Å². The van der Waals surface area contributed by atoms with Crippen LogP contribution in [0.1, 0.15) is 28.3 Å². The number of Topliss-reactive ketones (excluding diaryl/α,β-unsaturated/α-hetero) is 1. The molecule has 0 spiro atoms. The Hall–Kier alpha value is -1.96. The lowest BCUT2D eigenvalue weighted by Gasteiger charge is -2.01. The molecular weight excluding hydrogens is 227 g/mol. The second-order valence-electron chi connectivity index (χ2n) is 4.73. The van der Waals surface area contributed by atoms with Crippen LogP contribution in [0, 0.1) is 11.7 Å². The topological polar surface area (TPSA) is 17.1 Å². The lowest BCUT2D eigenvalue weighted by Crippen LogP contribution is -2.02. The van der Waals surface area contributed by atoms with E-state index in [0.717, 1.165) is 17.5 Å². The van der Waals surface area contributed by atoms with Gasteiger partial charge in [0.2, 0.25) is 0 Å². The summed E-state index contributed by atoms with van der Waals surface area (Å²) in [7, 11) is 0. The molecule has 0 saturated heterocycles. The fourth-order valence-electron chi connectivity index (χ4n) is 2.38. The largest absolute Gasteiger partial charge is 0.294 e. The van der Waals surface area contributed by atoms with Gasteiger partial charge in [0.1, 0.15) is 5.82 Å². The molecule has 90 valence electrons. The van der Waals surface area contributed by atoms with Crippen LogP contribution in [0.15, 0.2) is 54.6 Å². The van der Waals surface area contributed by atoms with Crippen molar-refractivity contribution in [1.82, 2.24) is 0 Å². The summed E-state index contributed by atoms with van der Waals surface area (Å²) in [6, 6.07) is 15.8. The quantitative estimate of drug-likeness (QED) is 0.745. The summed E-state index contributed by atoms with van der Waals surface area (Å²) in [5.74, 6) is 0.298. The molecule has 0 N–H and O–H groups in total. The molecule has 0 heterocycles. The van der Waals surface area contributed by atoms with Crippen molar-refractivity contribution in [2.45, 2.75) is 12.3 Å². The summed E-state index contributed by atoms with van der Waals surface area (Å²) in [5, 5.41) is 0. The Labute approximate surface area is 105 Å². The maximum Gasteiger partial charge on any atom is 0.166 e. The van der Waals surface area contributed by atoms with Crippen molar-refractivity contribution >= 4 is 5.78 Å². The van der Waals surface area contributed by atoms with E-state index in [9.17, 15) is 9.18 Å². The zero-order valence-corrected chi connectivity index (χ0v) is 9.84. The van der Waals surface area contributed by atoms with Crippen molar-refractivity contribution < 1.29 is 9.18 Å². The molecule has 1 aliphatic carbocycles. The zero-order chi connectivity index (χ0) is 12.5. The minimum atomic E-state index is -0.231. The first-order valence-corrected chi connectivity index (χ1v) is 6.10. The van der Waals surface area contributed by atoms with Crippen LogP contribution in [0.5, 0.6) is 0 Å². The highest BCUT2D eigenvalue weighted by molar-refractivity contribution is 6.00. The number of benzene rings is 2. The molecule has 18 heavy (non-hydrogen) atoms. The highest BCUT2D eigenvalue weighted by Gasteiger charge is 2.43. The van der Waals surface area contributed by atoms with Crippen molar-refractivity contribution in [2.24, 2.45) is 5.92 Å². The van der Waals surface area contributed by atoms with Crippen LogP contribution in [-0.2, 0) is 0 Å². The molecule has 1 fully saturated rings. The molecular formula is C16H13FO. The van der Waals surface area contributed by atoms with Gasteiger partial charge >= 0.3 is 0 Å². The molecule has 1 aliphatic rings. The van der Waals surface area contributed by atoms with E-state index in [0.29, 0.717) is 0 Å². The highest BCUT2D eigenvalue weighted by atomic mass is 19.1. The average molecular weight is 240 g/mol. The average Bonchev–Trinajstić information content (AvgIpc) is 3.20. The van der Waals surface area contributed by atoms with Gasteiger partial charge in [0.25, 0.3) is 0 Å². The van der Waals surface area contributed by atoms with Gasteiger partial charge in [-0.3, -0.25) is 4.79 Å². The van der Waals surface area contributed by atoms with Crippen molar-refractivity contribution in [3.63, 3.8) is 0 Å². The molecule has 1 saturated carbocycles. The number of hydrogen-bond donors (Lipinski definition) is 0. The lowest BCUT2D eigenvalue weighted by atomic mass is 10.0. The third-order valence-corrected chi connectivity index (χ3v) is 3.48. The van der Waals surface area contributed by atoms with Crippen LogP contribution in [-0.4, -0.2) is 5.78 Å². The van der Waals surface area contributed by atoms with Gasteiger partial charge in [0.15, 0.2) is 5.78 Å². The normalized spacial score (nSPS) is 21.6. The molecule has 2 aromatic carbocycles. The maximum absolute atomic E-state index is 12.8. The monoisotopic (exact) mass is 240 g/mol. The summed E-state index contributed by atoms with van der Waals surface area (Å²) in [6.45, 7) is 0. The van der Waals surface area contributed by atoms with Gasteiger partial charge < -0.3 is 0 Å². The Morgan fingerprint density at radius 1 is 1.00 bits per heavy atom. The van der Waals surface area contributed by atoms with Crippen LogP contribution < -0.4 is 0 Å². The van der Waals surface area contributed by atoms with Gasteiger partial charge in [-0.25, -0.2) is 4.39 Å². The predicted octanol–water partition coefficient (Wildman–Crippen LogP) is 3.81. The van der Waals surface area contributed by atoms with Crippen LogP contribution in [0.2, 0.25) is 0 Å². The first-order valence-electron chi connectivity index (χ1n) is 6.10. The number of rotatable bonds is 3. The first kappa shape index (κ1) is 11.1. The molecule has 0 aromatic heterocycles. The van der Waals surface area contributed by atoms with E-state index < -0.39 is 0 Å². The van der Waals surface area contributed by atoms with Crippen molar-refractivity contribution in [3.8, 4) is 0 Å². The van der Waals surface area contributed by atoms with Crippen molar-refractivity contribution in [3.05, 3.63) is 71.5 Å². The van der Waals surface area contributed by atoms with Crippen LogP contribution in [0.4, 0.5) is 4.39 Å². The fraction of sp³-hybridized carbons (Fsp3) is 0.188. The molecule has 2 aromatic rings. The van der Waals surface area contributed by atoms with Gasteiger partial charge in [0, 0.05) is 11.5 Å². The Bertz CT molecular complexity index is 559. The second-order valence-corrected chi connectivity index (χ2v) is 4.73. The lowest BCUT2D eigenvalue weighted by molar-refractivity contribution is 0.0965. The van der Waals surface area contributed by atoms with E-state index in [4.69, 9.17) is 0 Å². The van der Waals surface area contributed by atoms with Gasteiger partial charge in [-0.05, 0) is 30.0 Å². The summed E-state index contributed by atoms with van der Waals surface area (Å²) >= 11 is 0. The molecule has 0 amide bonds. The van der Waals surface area contributed by atoms with Crippen LogP contribution in [0.25, 0.3) is 0 Å². The third-order valence-electron chi connectivity index (χ3n) is 3.48. The third kappa shape index (κ3) is 2.06.